The predicted molar refractivity (Wildman–Crippen MR) is 119 cm³/mol. The quantitative estimate of drug-likeness (QED) is 0.530. The van der Waals surface area contributed by atoms with Gasteiger partial charge < -0.3 is 19.7 Å². The SMILES string of the molecule is COc1cc(N2C[C@H]3CC[C@@H](C2)C3Nc2nc3n(n2)CC[C@@H]3Oc2ccc(F)c(F)c2F)cnn1. The number of ether oxygens (including phenoxy) is 2. The topological polar surface area (TPSA) is 90.2 Å². The van der Waals surface area contributed by atoms with Gasteiger partial charge in [0.25, 0.3) is 0 Å². The molecule has 0 amide bonds. The first kappa shape index (κ1) is 21.9. The number of aryl methyl sites for hydroxylation is 1. The van der Waals surface area contributed by atoms with Crippen LogP contribution in [0.25, 0.3) is 0 Å². The van der Waals surface area contributed by atoms with E-state index in [0.29, 0.717) is 42.5 Å². The summed E-state index contributed by atoms with van der Waals surface area (Å²) in [5, 5.41) is 16.1. The molecule has 2 fully saturated rings. The summed E-state index contributed by atoms with van der Waals surface area (Å²) in [5.74, 6) is -2.13. The number of hydrogen-bond acceptors (Lipinski definition) is 8. The van der Waals surface area contributed by atoms with E-state index in [4.69, 9.17) is 9.47 Å². The molecule has 2 bridgehead atoms. The smallest absolute Gasteiger partial charge is 0.242 e. The molecule has 1 aliphatic carbocycles. The number of methoxy groups -OCH3 is 1. The lowest BCUT2D eigenvalue weighted by Crippen LogP contribution is -2.48. The zero-order valence-electron chi connectivity index (χ0n) is 19.0. The first-order valence-electron chi connectivity index (χ1n) is 11.6. The Hall–Kier alpha value is -3.57. The van der Waals surface area contributed by atoms with Crippen LogP contribution in [0.5, 0.6) is 11.6 Å². The Labute approximate surface area is 199 Å². The van der Waals surface area contributed by atoms with Crippen LogP contribution in [0.4, 0.5) is 24.8 Å². The number of halogens is 3. The zero-order valence-corrected chi connectivity index (χ0v) is 19.0. The van der Waals surface area contributed by atoms with E-state index in [9.17, 15) is 13.2 Å². The molecule has 2 aromatic heterocycles. The van der Waals surface area contributed by atoms with E-state index in [2.05, 4.69) is 30.5 Å². The summed E-state index contributed by atoms with van der Waals surface area (Å²) in [7, 11) is 1.58. The van der Waals surface area contributed by atoms with E-state index >= 15 is 0 Å². The van der Waals surface area contributed by atoms with Gasteiger partial charge in [0.05, 0.1) is 19.0 Å². The van der Waals surface area contributed by atoms with E-state index in [1.54, 1.807) is 18.0 Å². The average Bonchev–Trinajstić information content (AvgIpc) is 3.50. The van der Waals surface area contributed by atoms with Crippen LogP contribution in [0.1, 0.15) is 31.2 Å². The molecule has 1 N–H and O–H groups in total. The van der Waals surface area contributed by atoms with Crippen LogP contribution in [-0.4, -0.2) is 51.2 Å². The summed E-state index contributed by atoms with van der Waals surface area (Å²) >= 11 is 0. The van der Waals surface area contributed by atoms with Gasteiger partial charge in [-0.25, -0.2) is 13.5 Å². The van der Waals surface area contributed by atoms with E-state index < -0.39 is 23.6 Å². The number of piperidine rings is 1. The summed E-state index contributed by atoms with van der Waals surface area (Å²) in [4.78, 5) is 6.92. The monoisotopic (exact) mass is 487 g/mol. The van der Waals surface area contributed by atoms with Crippen molar-refractivity contribution in [3.05, 3.63) is 47.7 Å². The molecule has 12 heteroatoms. The van der Waals surface area contributed by atoms with Crippen LogP contribution in [0, 0.1) is 29.3 Å². The summed E-state index contributed by atoms with van der Waals surface area (Å²) < 4.78 is 53.5. The van der Waals surface area contributed by atoms with Gasteiger partial charge in [0.1, 0.15) is 0 Å². The molecule has 35 heavy (non-hydrogen) atoms. The van der Waals surface area contributed by atoms with Crippen LogP contribution < -0.4 is 19.7 Å². The zero-order chi connectivity index (χ0) is 24.1. The van der Waals surface area contributed by atoms with Crippen LogP contribution in [0.3, 0.4) is 0 Å². The van der Waals surface area contributed by atoms with Gasteiger partial charge in [-0.1, -0.05) is 0 Å². The van der Waals surface area contributed by atoms with Crippen LogP contribution >= 0.6 is 0 Å². The maximum absolute atomic E-state index is 14.1. The van der Waals surface area contributed by atoms with Gasteiger partial charge in [-0.2, -0.15) is 14.5 Å². The fourth-order valence-electron chi connectivity index (χ4n) is 5.48. The maximum atomic E-state index is 14.1. The van der Waals surface area contributed by atoms with Crippen molar-refractivity contribution in [2.24, 2.45) is 11.8 Å². The van der Waals surface area contributed by atoms with E-state index in [1.165, 1.54) is 0 Å². The number of hydrogen-bond donors (Lipinski definition) is 1. The number of fused-ring (bicyclic) bond motifs is 3. The second-order valence-corrected chi connectivity index (χ2v) is 9.21. The number of rotatable bonds is 6. The van der Waals surface area contributed by atoms with Gasteiger partial charge in [-0.15, -0.1) is 10.2 Å². The molecule has 4 atom stereocenters. The largest absolute Gasteiger partial charge is 0.480 e. The lowest BCUT2D eigenvalue weighted by molar-refractivity contribution is 0.191. The minimum atomic E-state index is -1.55. The number of anilines is 2. The molecular weight excluding hydrogens is 463 g/mol. The van der Waals surface area contributed by atoms with Crippen LogP contribution in [0.15, 0.2) is 24.4 Å². The maximum Gasteiger partial charge on any atom is 0.242 e. The van der Waals surface area contributed by atoms with Gasteiger partial charge in [0, 0.05) is 38.2 Å². The van der Waals surface area contributed by atoms with Gasteiger partial charge in [0.2, 0.25) is 17.6 Å². The third-order valence-electron chi connectivity index (χ3n) is 7.18. The van der Waals surface area contributed by atoms with E-state index in [-0.39, 0.29) is 11.8 Å². The van der Waals surface area contributed by atoms with Gasteiger partial charge >= 0.3 is 0 Å². The molecule has 1 saturated heterocycles. The minimum Gasteiger partial charge on any atom is -0.480 e. The van der Waals surface area contributed by atoms with Gasteiger partial charge in [-0.3, -0.25) is 0 Å². The van der Waals surface area contributed by atoms with E-state index in [1.807, 2.05) is 6.07 Å². The molecule has 1 unspecified atom stereocenters. The van der Waals surface area contributed by atoms with Crippen molar-refractivity contribution < 1.29 is 22.6 Å². The first-order valence-corrected chi connectivity index (χ1v) is 11.6. The number of aromatic nitrogens is 5. The lowest BCUT2D eigenvalue weighted by Gasteiger charge is -2.39. The second-order valence-electron chi connectivity index (χ2n) is 9.21. The Morgan fingerprint density at radius 3 is 2.63 bits per heavy atom. The van der Waals surface area contributed by atoms with Crippen LogP contribution in [-0.2, 0) is 6.54 Å². The lowest BCUT2D eigenvalue weighted by atomic mass is 9.92. The second kappa shape index (κ2) is 8.58. The molecule has 3 aromatic rings. The molecule has 184 valence electrons. The van der Waals surface area contributed by atoms with Gasteiger partial charge in [0.15, 0.2) is 29.3 Å². The highest BCUT2D eigenvalue weighted by atomic mass is 19.2. The van der Waals surface area contributed by atoms with Crippen LogP contribution in [0.2, 0.25) is 0 Å². The highest BCUT2D eigenvalue weighted by molar-refractivity contribution is 5.48. The summed E-state index contributed by atoms with van der Waals surface area (Å²) in [6.07, 6.45) is 3.88. The fraction of sp³-hybridized carbons (Fsp3) is 0.478. The van der Waals surface area contributed by atoms with Crippen molar-refractivity contribution >= 4 is 11.6 Å². The molecular formula is C23H24F3N7O2. The molecule has 1 saturated carbocycles. The number of nitrogens with zero attached hydrogens (tertiary/aromatic N) is 6. The minimum absolute atomic E-state index is 0.231. The van der Waals surface area contributed by atoms with Crippen molar-refractivity contribution in [2.45, 2.75) is 38.0 Å². The number of nitrogens with one attached hydrogen (secondary N) is 1. The Morgan fingerprint density at radius 2 is 1.86 bits per heavy atom. The van der Waals surface area contributed by atoms with Crippen molar-refractivity contribution in [1.29, 1.82) is 0 Å². The third kappa shape index (κ3) is 3.90. The fourth-order valence-corrected chi connectivity index (χ4v) is 5.48. The Morgan fingerprint density at radius 1 is 1.06 bits per heavy atom. The van der Waals surface area contributed by atoms with Crippen molar-refractivity contribution in [2.75, 3.05) is 30.4 Å². The highest BCUT2D eigenvalue weighted by Gasteiger charge is 2.43. The number of benzene rings is 1. The molecule has 6 rings (SSSR count). The molecule has 2 aliphatic heterocycles. The third-order valence-corrected chi connectivity index (χ3v) is 7.18. The Kier molecular flexibility index (Phi) is 5.37. The summed E-state index contributed by atoms with van der Waals surface area (Å²) in [5.41, 5.74) is 0.996. The molecule has 0 spiro atoms. The highest BCUT2D eigenvalue weighted by Crippen LogP contribution is 2.40. The Bertz CT molecular complexity index is 1240. The summed E-state index contributed by atoms with van der Waals surface area (Å²) in [6.45, 7) is 2.29. The predicted octanol–water partition coefficient (Wildman–Crippen LogP) is 3.34. The summed E-state index contributed by atoms with van der Waals surface area (Å²) in [6, 6.07) is 4.07. The molecule has 9 nitrogen and oxygen atoms in total. The van der Waals surface area contributed by atoms with Crippen molar-refractivity contribution in [3.8, 4) is 11.6 Å². The Balaban J connectivity index is 1.15. The molecule has 1 aromatic carbocycles. The molecule has 4 heterocycles. The van der Waals surface area contributed by atoms with Crippen molar-refractivity contribution in [1.82, 2.24) is 25.0 Å². The first-order chi connectivity index (χ1) is 17.0. The molecule has 0 radical (unpaired) electrons. The van der Waals surface area contributed by atoms with E-state index in [0.717, 1.165) is 43.8 Å². The average molecular weight is 487 g/mol. The standard InChI is InChI=1S/C23H24F3N7O2/c1-34-18-8-14(9-27-30-18)32-10-12-2-3-13(11-32)21(12)28-23-29-22-17(6-7-33(22)31-23)35-16-5-4-15(24)19(25)20(16)26/h4-5,8-9,12-13,17,21H,2-3,6-7,10-11H2,1H3,(H,28,31)/t12-,13+,17-,21?/m0/s1. The van der Waals surface area contributed by atoms with Crippen molar-refractivity contribution in [3.63, 3.8) is 0 Å². The van der Waals surface area contributed by atoms with Gasteiger partial charge in [-0.05, 0) is 36.8 Å². The normalized spacial score (nSPS) is 25.0. The molecule has 3 aliphatic rings.